The van der Waals surface area contributed by atoms with Gasteiger partial charge in [-0.2, -0.15) is 0 Å². The van der Waals surface area contributed by atoms with Gasteiger partial charge < -0.3 is 10.1 Å². The Hall–Kier alpha value is -2.29. The van der Waals surface area contributed by atoms with Crippen LogP contribution in [0.2, 0.25) is 0 Å². The SMILES string of the molecule is CC[C@@H](NC(=O)COc1ccc(C(C)(C)C)cc1)c1ccc2c(c1)CCCC2. The van der Waals surface area contributed by atoms with Crippen LogP contribution in [0.4, 0.5) is 0 Å². The van der Waals surface area contributed by atoms with E-state index in [9.17, 15) is 4.79 Å². The number of ether oxygens (including phenoxy) is 1. The maximum atomic E-state index is 12.4. The van der Waals surface area contributed by atoms with Crippen molar-refractivity contribution < 1.29 is 9.53 Å². The zero-order valence-corrected chi connectivity index (χ0v) is 17.7. The average Bonchev–Trinajstić information content (AvgIpc) is 2.69. The summed E-state index contributed by atoms with van der Waals surface area (Å²) in [5.41, 5.74) is 5.48. The molecule has 0 fully saturated rings. The fourth-order valence-electron chi connectivity index (χ4n) is 3.83. The summed E-state index contributed by atoms with van der Waals surface area (Å²) in [6.45, 7) is 8.69. The maximum Gasteiger partial charge on any atom is 0.258 e. The molecule has 150 valence electrons. The summed E-state index contributed by atoms with van der Waals surface area (Å²) in [4.78, 5) is 12.4. The third-order valence-corrected chi connectivity index (χ3v) is 5.61. The van der Waals surface area contributed by atoms with Crippen molar-refractivity contribution in [2.24, 2.45) is 0 Å². The van der Waals surface area contributed by atoms with Gasteiger partial charge in [-0.15, -0.1) is 0 Å². The molecule has 0 radical (unpaired) electrons. The van der Waals surface area contributed by atoms with E-state index in [1.807, 2.05) is 12.1 Å². The molecule has 1 atom stereocenters. The first kappa shape index (κ1) is 20.4. The van der Waals surface area contributed by atoms with Crippen molar-refractivity contribution in [3.8, 4) is 5.75 Å². The highest BCUT2D eigenvalue weighted by atomic mass is 16.5. The van der Waals surface area contributed by atoms with Crippen molar-refractivity contribution in [1.29, 1.82) is 0 Å². The van der Waals surface area contributed by atoms with E-state index < -0.39 is 0 Å². The Balaban J connectivity index is 1.57. The first-order valence-corrected chi connectivity index (χ1v) is 10.5. The highest BCUT2D eigenvalue weighted by Crippen LogP contribution is 2.26. The number of aryl methyl sites for hydroxylation is 2. The van der Waals surface area contributed by atoms with Crippen molar-refractivity contribution in [3.05, 3.63) is 64.7 Å². The van der Waals surface area contributed by atoms with E-state index in [1.165, 1.54) is 41.5 Å². The second-order valence-electron chi connectivity index (χ2n) is 8.83. The van der Waals surface area contributed by atoms with Crippen molar-refractivity contribution in [3.63, 3.8) is 0 Å². The first-order valence-electron chi connectivity index (χ1n) is 10.5. The van der Waals surface area contributed by atoms with Gasteiger partial charge in [0, 0.05) is 0 Å². The molecule has 0 bridgehead atoms. The van der Waals surface area contributed by atoms with Crippen molar-refractivity contribution in [2.45, 2.75) is 71.3 Å². The smallest absolute Gasteiger partial charge is 0.258 e. The van der Waals surface area contributed by atoms with E-state index in [2.05, 4.69) is 63.3 Å². The van der Waals surface area contributed by atoms with E-state index in [0.29, 0.717) is 0 Å². The zero-order valence-electron chi connectivity index (χ0n) is 17.7. The Labute approximate surface area is 169 Å². The lowest BCUT2D eigenvalue weighted by atomic mass is 9.87. The number of carbonyl (C=O) groups is 1. The Morgan fingerprint density at radius 1 is 1.04 bits per heavy atom. The minimum atomic E-state index is -0.0792. The highest BCUT2D eigenvalue weighted by molar-refractivity contribution is 5.78. The quantitative estimate of drug-likeness (QED) is 0.719. The predicted octanol–water partition coefficient (Wildman–Crippen LogP) is 5.51. The molecule has 28 heavy (non-hydrogen) atoms. The monoisotopic (exact) mass is 379 g/mol. The third-order valence-electron chi connectivity index (χ3n) is 5.61. The Bertz CT molecular complexity index is 802. The summed E-state index contributed by atoms with van der Waals surface area (Å²) in [6.07, 6.45) is 5.75. The molecule has 1 amide bonds. The van der Waals surface area contributed by atoms with Crippen LogP contribution in [0, 0.1) is 0 Å². The van der Waals surface area contributed by atoms with E-state index in [1.54, 1.807) is 0 Å². The Morgan fingerprint density at radius 2 is 1.71 bits per heavy atom. The lowest BCUT2D eigenvalue weighted by molar-refractivity contribution is -0.123. The summed E-state index contributed by atoms with van der Waals surface area (Å²) in [5.74, 6) is 0.648. The molecule has 0 saturated carbocycles. The molecule has 1 N–H and O–H groups in total. The number of rotatable bonds is 6. The van der Waals surface area contributed by atoms with Crippen molar-refractivity contribution in [2.75, 3.05) is 6.61 Å². The van der Waals surface area contributed by atoms with Gasteiger partial charge >= 0.3 is 0 Å². The van der Waals surface area contributed by atoms with E-state index in [4.69, 9.17) is 4.74 Å². The van der Waals surface area contributed by atoms with Gasteiger partial charge in [-0.1, -0.05) is 58.0 Å². The second kappa shape index (κ2) is 8.81. The summed E-state index contributed by atoms with van der Waals surface area (Å²) in [5, 5.41) is 3.13. The zero-order chi connectivity index (χ0) is 20.1. The van der Waals surface area contributed by atoms with Gasteiger partial charge in [0.15, 0.2) is 6.61 Å². The molecule has 0 aliphatic heterocycles. The van der Waals surface area contributed by atoms with Crippen LogP contribution < -0.4 is 10.1 Å². The van der Waals surface area contributed by atoms with Gasteiger partial charge in [0.1, 0.15) is 5.75 Å². The van der Waals surface area contributed by atoms with Gasteiger partial charge in [0.2, 0.25) is 0 Å². The molecule has 3 nitrogen and oxygen atoms in total. The summed E-state index contributed by atoms with van der Waals surface area (Å²) >= 11 is 0. The second-order valence-corrected chi connectivity index (χ2v) is 8.83. The number of nitrogens with one attached hydrogen (secondary N) is 1. The van der Waals surface area contributed by atoms with Gasteiger partial charge in [-0.3, -0.25) is 4.79 Å². The molecule has 1 aliphatic rings. The minimum absolute atomic E-state index is 0.0339. The number of amides is 1. The first-order chi connectivity index (χ1) is 13.4. The number of carbonyl (C=O) groups excluding carboxylic acids is 1. The predicted molar refractivity (Wildman–Crippen MR) is 115 cm³/mol. The van der Waals surface area contributed by atoms with Crippen molar-refractivity contribution >= 4 is 5.91 Å². The summed E-state index contributed by atoms with van der Waals surface area (Å²) in [6, 6.07) is 14.7. The van der Waals surface area contributed by atoms with E-state index >= 15 is 0 Å². The topological polar surface area (TPSA) is 38.3 Å². The van der Waals surface area contributed by atoms with Crippen LogP contribution in [0.5, 0.6) is 5.75 Å². The molecule has 2 aromatic rings. The van der Waals surface area contributed by atoms with E-state index in [0.717, 1.165) is 18.6 Å². The molecular formula is C25H33NO2. The number of benzene rings is 2. The van der Waals surface area contributed by atoms with Crippen LogP contribution in [0.1, 0.15) is 75.3 Å². The Kier molecular flexibility index (Phi) is 6.43. The fraction of sp³-hybridized carbons (Fsp3) is 0.480. The van der Waals surface area contributed by atoms with Crippen LogP contribution in [0.3, 0.4) is 0 Å². The lowest BCUT2D eigenvalue weighted by Crippen LogP contribution is -2.32. The molecule has 3 rings (SSSR count). The Morgan fingerprint density at radius 3 is 2.36 bits per heavy atom. The molecule has 0 spiro atoms. The summed E-state index contributed by atoms with van der Waals surface area (Å²) < 4.78 is 5.70. The van der Waals surface area contributed by atoms with Gasteiger partial charge in [-0.05, 0) is 71.9 Å². The van der Waals surface area contributed by atoms with Crippen LogP contribution in [0.15, 0.2) is 42.5 Å². The van der Waals surface area contributed by atoms with Crippen LogP contribution in [-0.2, 0) is 23.1 Å². The normalized spacial score (nSPS) is 14.9. The number of hydrogen-bond donors (Lipinski definition) is 1. The number of fused-ring (bicyclic) bond motifs is 1. The molecule has 3 heteroatoms. The molecule has 1 aliphatic carbocycles. The van der Waals surface area contributed by atoms with Crippen LogP contribution in [-0.4, -0.2) is 12.5 Å². The van der Waals surface area contributed by atoms with Crippen LogP contribution in [0.25, 0.3) is 0 Å². The number of hydrogen-bond acceptors (Lipinski definition) is 2. The van der Waals surface area contributed by atoms with Crippen LogP contribution >= 0.6 is 0 Å². The molecule has 0 unspecified atom stereocenters. The molecular weight excluding hydrogens is 346 g/mol. The fourth-order valence-corrected chi connectivity index (χ4v) is 3.83. The maximum absolute atomic E-state index is 12.4. The van der Waals surface area contributed by atoms with Gasteiger partial charge in [0.05, 0.1) is 6.04 Å². The third kappa shape index (κ3) is 5.15. The van der Waals surface area contributed by atoms with Gasteiger partial charge in [0.25, 0.3) is 5.91 Å². The van der Waals surface area contributed by atoms with Crippen molar-refractivity contribution in [1.82, 2.24) is 5.32 Å². The largest absolute Gasteiger partial charge is 0.484 e. The average molecular weight is 380 g/mol. The molecule has 2 aromatic carbocycles. The molecule has 0 aromatic heterocycles. The van der Waals surface area contributed by atoms with Gasteiger partial charge in [-0.25, -0.2) is 0 Å². The highest BCUT2D eigenvalue weighted by Gasteiger charge is 2.17. The molecule has 0 saturated heterocycles. The standard InChI is InChI=1S/C25H33NO2/c1-5-23(20-11-10-18-8-6-7-9-19(18)16-20)26-24(27)17-28-22-14-12-21(13-15-22)25(2,3)4/h10-16,23H,5-9,17H2,1-4H3,(H,26,27)/t23-/m1/s1. The molecule has 0 heterocycles. The van der Waals surface area contributed by atoms with E-state index in [-0.39, 0.29) is 24.0 Å². The minimum Gasteiger partial charge on any atom is -0.484 e. The lowest BCUT2D eigenvalue weighted by Gasteiger charge is -2.22. The summed E-state index contributed by atoms with van der Waals surface area (Å²) in [7, 11) is 0.